The Morgan fingerprint density at radius 2 is 2.12 bits per heavy atom. The fraction of sp³-hybridized carbons (Fsp3) is 0.353. The summed E-state index contributed by atoms with van der Waals surface area (Å²) in [7, 11) is 0. The molecule has 1 aromatic carbocycles. The van der Waals surface area contributed by atoms with Gasteiger partial charge in [0.25, 0.3) is 5.91 Å². The van der Waals surface area contributed by atoms with Gasteiger partial charge in [0.2, 0.25) is 5.82 Å². The summed E-state index contributed by atoms with van der Waals surface area (Å²) in [5.41, 5.74) is 1.42. The number of benzene rings is 1. The molecule has 1 saturated heterocycles. The minimum absolute atomic E-state index is 0.0182. The summed E-state index contributed by atoms with van der Waals surface area (Å²) in [6.45, 7) is 6.31. The normalized spacial score (nSPS) is 15.5. The first-order valence-electron chi connectivity index (χ1n) is 8.44. The Kier molecular flexibility index (Phi) is 5.56. The molecule has 1 aliphatic rings. The predicted molar refractivity (Wildman–Crippen MR) is 95.8 cm³/mol. The number of piperazine rings is 1. The molecule has 9 heteroatoms. The number of allylic oxidation sites excluding steroid dienone is 1. The Bertz CT molecular complexity index is 816. The number of carbonyl (C=O) groups is 1. The van der Waals surface area contributed by atoms with Crippen molar-refractivity contribution in [1.29, 1.82) is 5.26 Å². The van der Waals surface area contributed by atoms with Gasteiger partial charge in [0.05, 0.1) is 11.3 Å². The molecule has 1 aromatic heterocycles. The molecule has 0 atom stereocenters. The highest BCUT2D eigenvalue weighted by atomic mass is 16.2. The monoisotopic (exact) mass is 352 g/mol. The number of aromatic nitrogens is 4. The molecular weight excluding hydrogens is 332 g/mol. The van der Waals surface area contributed by atoms with Gasteiger partial charge in [0.15, 0.2) is 0 Å². The van der Waals surface area contributed by atoms with Crippen LogP contribution in [-0.2, 0) is 0 Å². The summed E-state index contributed by atoms with van der Waals surface area (Å²) >= 11 is 0. The fourth-order valence-corrected chi connectivity index (χ4v) is 2.81. The van der Waals surface area contributed by atoms with E-state index in [1.165, 1.54) is 6.20 Å². The summed E-state index contributed by atoms with van der Waals surface area (Å²) in [6.07, 6.45) is 1.48. The summed E-state index contributed by atoms with van der Waals surface area (Å²) in [5.74, 6) is 0.176. The highest BCUT2D eigenvalue weighted by Crippen LogP contribution is 2.19. The number of anilines is 1. The molecule has 1 aliphatic heterocycles. The van der Waals surface area contributed by atoms with E-state index in [0.29, 0.717) is 24.3 Å². The van der Waals surface area contributed by atoms with Crippen LogP contribution in [0.2, 0.25) is 0 Å². The second kappa shape index (κ2) is 8.22. The summed E-state index contributed by atoms with van der Waals surface area (Å²) in [5, 5.41) is 25.6. The molecule has 0 unspecified atom stereocenters. The number of hydrogen-bond acceptors (Lipinski definition) is 7. The van der Waals surface area contributed by atoms with Crippen molar-refractivity contribution >= 4 is 17.2 Å². The maximum absolute atomic E-state index is 12.9. The zero-order valence-corrected chi connectivity index (χ0v) is 14.5. The highest BCUT2D eigenvalue weighted by molar-refractivity contribution is 6.00. The molecule has 1 amide bonds. The van der Waals surface area contributed by atoms with Crippen LogP contribution in [0.25, 0.3) is 5.57 Å². The molecule has 0 bridgehead atoms. The number of rotatable bonds is 5. The number of nitriles is 1. The smallest absolute Gasteiger partial charge is 0.256 e. The van der Waals surface area contributed by atoms with Crippen LogP contribution in [0.15, 0.2) is 30.5 Å². The predicted octanol–water partition coefficient (Wildman–Crippen LogP) is 0.954. The molecule has 26 heavy (non-hydrogen) atoms. The Balaban J connectivity index is 1.76. The van der Waals surface area contributed by atoms with Gasteiger partial charge >= 0.3 is 0 Å². The molecular formula is C17H20N8O. The first kappa shape index (κ1) is 17.6. The van der Waals surface area contributed by atoms with Crippen molar-refractivity contribution in [2.75, 3.05) is 38.0 Å². The van der Waals surface area contributed by atoms with Gasteiger partial charge < -0.3 is 15.1 Å². The zero-order valence-electron chi connectivity index (χ0n) is 14.5. The minimum atomic E-state index is -0.0182. The molecule has 2 N–H and O–H groups in total. The van der Waals surface area contributed by atoms with Crippen LogP contribution < -0.4 is 5.32 Å². The molecule has 0 spiro atoms. The zero-order chi connectivity index (χ0) is 18.4. The van der Waals surface area contributed by atoms with Gasteiger partial charge in [-0.25, -0.2) is 0 Å². The average Bonchev–Trinajstić information content (AvgIpc) is 3.23. The third-order valence-corrected chi connectivity index (χ3v) is 4.34. The lowest BCUT2D eigenvalue weighted by Crippen LogP contribution is -2.48. The standard InChI is InChI=1S/C17H20N8O/c1-2-24-7-9-25(10-8-24)17(26)14-5-3-4-6-15(14)19-12-13(11-18)16-20-22-23-21-16/h3-6,12,19H,2,7-10H2,1H3,(H,20,21,22,23). The van der Waals surface area contributed by atoms with Crippen molar-refractivity contribution in [3.05, 3.63) is 41.9 Å². The highest BCUT2D eigenvalue weighted by Gasteiger charge is 2.23. The third-order valence-electron chi connectivity index (χ3n) is 4.34. The van der Waals surface area contributed by atoms with Gasteiger partial charge in [0, 0.05) is 32.4 Å². The lowest BCUT2D eigenvalue weighted by Gasteiger charge is -2.34. The third kappa shape index (κ3) is 3.87. The quantitative estimate of drug-likeness (QED) is 0.770. The second-order valence-electron chi connectivity index (χ2n) is 5.82. The Labute approximate surface area is 151 Å². The number of carbonyl (C=O) groups excluding carboxylic acids is 1. The van der Waals surface area contributed by atoms with E-state index in [-0.39, 0.29) is 17.3 Å². The Morgan fingerprint density at radius 3 is 2.77 bits per heavy atom. The van der Waals surface area contributed by atoms with Crippen LogP contribution in [0, 0.1) is 11.3 Å². The van der Waals surface area contributed by atoms with Gasteiger partial charge in [-0.2, -0.15) is 10.5 Å². The van der Waals surface area contributed by atoms with E-state index in [1.54, 1.807) is 12.1 Å². The molecule has 0 saturated carbocycles. The van der Waals surface area contributed by atoms with E-state index < -0.39 is 0 Å². The van der Waals surface area contributed by atoms with Crippen LogP contribution in [-0.4, -0.2) is 69.1 Å². The number of nitrogens with one attached hydrogen (secondary N) is 2. The Morgan fingerprint density at radius 1 is 1.35 bits per heavy atom. The number of para-hydroxylation sites is 1. The van der Waals surface area contributed by atoms with E-state index in [1.807, 2.05) is 23.1 Å². The van der Waals surface area contributed by atoms with Crippen LogP contribution in [0.4, 0.5) is 5.69 Å². The maximum Gasteiger partial charge on any atom is 0.256 e. The summed E-state index contributed by atoms with van der Waals surface area (Å²) < 4.78 is 0. The first-order valence-corrected chi connectivity index (χ1v) is 8.44. The molecule has 3 rings (SSSR count). The van der Waals surface area contributed by atoms with Crippen LogP contribution in [0.5, 0.6) is 0 Å². The lowest BCUT2D eigenvalue weighted by atomic mass is 10.1. The van der Waals surface area contributed by atoms with E-state index in [9.17, 15) is 10.1 Å². The number of H-pyrrole nitrogens is 1. The van der Waals surface area contributed by atoms with Crippen molar-refractivity contribution in [1.82, 2.24) is 30.4 Å². The molecule has 0 aliphatic carbocycles. The van der Waals surface area contributed by atoms with Gasteiger partial charge in [-0.15, -0.1) is 10.2 Å². The van der Waals surface area contributed by atoms with E-state index >= 15 is 0 Å². The average molecular weight is 352 g/mol. The minimum Gasteiger partial charge on any atom is -0.360 e. The van der Waals surface area contributed by atoms with Gasteiger partial charge in [0.1, 0.15) is 11.6 Å². The molecule has 134 valence electrons. The van der Waals surface area contributed by atoms with Crippen molar-refractivity contribution in [3.8, 4) is 6.07 Å². The van der Waals surface area contributed by atoms with Gasteiger partial charge in [-0.3, -0.25) is 4.79 Å². The first-order chi connectivity index (χ1) is 12.7. The molecule has 9 nitrogen and oxygen atoms in total. The number of aromatic amines is 1. The van der Waals surface area contributed by atoms with Gasteiger partial charge in [-0.1, -0.05) is 19.1 Å². The molecule has 2 aromatic rings. The largest absolute Gasteiger partial charge is 0.360 e. The summed E-state index contributed by atoms with van der Waals surface area (Å²) in [4.78, 5) is 17.1. The SMILES string of the molecule is CCN1CCN(C(=O)c2ccccc2NC=C(C#N)c2nn[nH]n2)CC1. The van der Waals surface area contributed by atoms with Crippen LogP contribution >= 0.6 is 0 Å². The van der Waals surface area contributed by atoms with Crippen LogP contribution in [0.3, 0.4) is 0 Å². The van der Waals surface area contributed by atoms with Gasteiger partial charge in [-0.05, 0) is 23.9 Å². The number of likely N-dealkylation sites (N-methyl/N-ethyl adjacent to an activating group) is 1. The lowest BCUT2D eigenvalue weighted by molar-refractivity contribution is 0.0644. The van der Waals surface area contributed by atoms with E-state index in [2.05, 4.69) is 37.8 Å². The molecule has 0 radical (unpaired) electrons. The van der Waals surface area contributed by atoms with Crippen molar-refractivity contribution in [3.63, 3.8) is 0 Å². The topological polar surface area (TPSA) is 114 Å². The number of hydrogen-bond donors (Lipinski definition) is 2. The van der Waals surface area contributed by atoms with Crippen LogP contribution in [0.1, 0.15) is 23.1 Å². The van der Waals surface area contributed by atoms with Crippen molar-refractivity contribution in [2.24, 2.45) is 0 Å². The number of nitrogens with zero attached hydrogens (tertiary/aromatic N) is 6. The fourth-order valence-electron chi connectivity index (χ4n) is 2.81. The maximum atomic E-state index is 12.9. The van der Waals surface area contributed by atoms with Crippen molar-refractivity contribution < 1.29 is 4.79 Å². The van der Waals surface area contributed by atoms with E-state index in [0.717, 1.165) is 19.6 Å². The van der Waals surface area contributed by atoms with E-state index in [4.69, 9.17) is 0 Å². The molecule has 2 heterocycles. The molecule has 1 fully saturated rings. The second-order valence-corrected chi connectivity index (χ2v) is 5.82. The Hall–Kier alpha value is -3.25. The van der Waals surface area contributed by atoms with Crippen molar-refractivity contribution in [2.45, 2.75) is 6.92 Å². The number of amides is 1. The summed E-state index contributed by atoms with van der Waals surface area (Å²) in [6, 6.07) is 9.26. The number of tetrazole rings is 1.